The molecule has 54 heavy (non-hydrogen) atoms. The van der Waals surface area contributed by atoms with Crippen LogP contribution in [0.4, 0.5) is 0 Å². The Hall–Kier alpha value is -7.37. The number of aromatic nitrogens is 5. The van der Waals surface area contributed by atoms with E-state index >= 15 is 0 Å². The molecule has 0 saturated carbocycles. The third kappa shape index (κ3) is 6.94. The molecule has 0 N–H and O–H groups in total. The van der Waals surface area contributed by atoms with E-state index in [4.69, 9.17) is 24.9 Å². The number of rotatable bonds is 8. The maximum atomic E-state index is 5.06. The highest BCUT2D eigenvalue weighted by Crippen LogP contribution is 2.32. The average molecular weight is 692 g/mol. The first-order chi connectivity index (χ1) is 26.7. The lowest BCUT2D eigenvalue weighted by atomic mass is 10.00. The molecule has 0 aliphatic heterocycles. The lowest BCUT2D eigenvalue weighted by molar-refractivity contribution is 1.07. The first kappa shape index (κ1) is 32.5. The van der Waals surface area contributed by atoms with E-state index in [0.29, 0.717) is 23.3 Å². The largest absolute Gasteiger partial charge is 0.228 e. The van der Waals surface area contributed by atoms with Crippen LogP contribution in [0.2, 0.25) is 0 Å². The number of hydrogen-bond donors (Lipinski definition) is 0. The second kappa shape index (κ2) is 14.7. The summed E-state index contributed by atoms with van der Waals surface area (Å²) in [5, 5.41) is 0. The molecule has 9 aromatic rings. The van der Waals surface area contributed by atoms with Gasteiger partial charge >= 0.3 is 0 Å². The second-order valence-electron chi connectivity index (χ2n) is 13.0. The van der Waals surface area contributed by atoms with E-state index in [2.05, 4.69) is 127 Å². The van der Waals surface area contributed by atoms with Crippen LogP contribution < -0.4 is 0 Å². The van der Waals surface area contributed by atoms with Crippen molar-refractivity contribution in [3.63, 3.8) is 0 Å². The Morgan fingerprint density at radius 3 is 0.944 bits per heavy atom. The summed E-state index contributed by atoms with van der Waals surface area (Å²) in [7, 11) is 0. The molecule has 0 spiro atoms. The van der Waals surface area contributed by atoms with E-state index < -0.39 is 0 Å². The molecule has 0 aliphatic rings. The van der Waals surface area contributed by atoms with Crippen LogP contribution in [0.15, 0.2) is 200 Å². The summed E-state index contributed by atoms with van der Waals surface area (Å²) < 4.78 is 0. The standard InChI is InChI=1S/C49H33N5/c1-5-15-34(16-6-1)35-27-29-39(30-28-35)47-52-46(38-21-11-4-12-22-38)53-49(54-47)43-26-14-24-41(32-43)40-23-13-25-42(31-40)48-50-44(36-17-7-2-8-18-36)33-45(51-48)37-19-9-3-10-20-37/h1-33H. The van der Waals surface area contributed by atoms with Crippen molar-refractivity contribution in [2.75, 3.05) is 0 Å². The Kier molecular flexibility index (Phi) is 8.86. The summed E-state index contributed by atoms with van der Waals surface area (Å²) in [5.41, 5.74) is 11.9. The van der Waals surface area contributed by atoms with E-state index in [0.717, 1.165) is 61.5 Å². The van der Waals surface area contributed by atoms with Gasteiger partial charge in [0.15, 0.2) is 23.3 Å². The van der Waals surface area contributed by atoms with Crippen LogP contribution >= 0.6 is 0 Å². The van der Waals surface area contributed by atoms with Gasteiger partial charge in [-0.05, 0) is 40.5 Å². The summed E-state index contributed by atoms with van der Waals surface area (Å²) in [6.07, 6.45) is 0. The van der Waals surface area contributed by atoms with Gasteiger partial charge in [0.2, 0.25) is 0 Å². The summed E-state index contributed by atoms with van der Waals surface area (Å²) in [4.78, 5) is 25.1. The third-order valence-corrected chi connectivity index (χ3v) is 9.36. The van der Waals surface area contributed by atoms with Crippen LogP contribution in [-0.4, -0.2) is 24.9 Å². The molecular formula is C49H33N5. The quantitative estimate of drug-likeness (QED) is 0.159. The number of benzene rings is 7. The summed E-state index contributed by atoms with van der Waals surface area (Å²) >= 11 is 0. The fourth-order valence-electron chi connectivity index (χ4n) is 6.56. The lowest BCUT2D eigenvalue weighted by Crippen LogP contribution is -2.00. The Morgan fingerprint density at radius 1 is 0.185 bits per heavy atom. The summed E-state index contributed by atoms with van der Waals surface area (Å²) in [6, 6.07) is 68.1. The molecule has 2 aromatic heterocycles. The smallest absolute Gasteiger partial charge is 0.164 e. The van der Waals surface area contributed by atoms with Gasteiger partial charge in [0.25, 0.3) is 0 Å². The molecule has 7 aromatic carbocycles. The molecule has 0 atom stereocenters. The maximum absolute atomic E-state index is 5.06. The normalized spacial score (nSPS) is 11.0. The van der Waals surface area contributed by atoms with Gasteiger partial charge < -0.3 is 0 Å². The van der Waals surface area contributed by atoms with E-state index in [9.17, 15) is 0 Å². The van der Waals surface area contributed by atoms with Crippen molar-refractivity contribution in [3.05, 3.63) is 200 Å². The minimum atomic E-state index is 0.607. The van der Waals surface area contributed by atoms with Crippen LogP contribution in [0.3, 0.4) is 0 Å². The predicted octanol–water partition coefficient (Wildman–Crippen LogP) is 12.0. The fraction of sp³-hybridized carbons (Fsp3) is 0. The number of hydrogen-bond acceptors (Lipinski definition) is 5. The average Bonchev–Trinajstić information content (AvgIpc) is 3.27. The van der Waals surface area contributed by atoms with Gasteiger partial charge in [0.05, 0.1) is 11.4 Å². The monoisotopic (exact) mass is 691 g/mol. The zero-order valence-corrected chi connectivity index (χ0v) is 29.3. The van der Waals surface area contributed by atoms with Crippen LogP contribution in [0.1, 0.15) is 0 Å². The summed E-state index contributed by atoms with van der Waals surface area (Å²) in [6.45, 7) is 0. The Labute approximate surface area is 314 Å². The highest BCUT2D eigenvalue weighted by molar-refractivity contribution is 5.77. The molecule has 0 aliphatic carbocycles. The van der Waals surface area contributed by atoms with E-state index in [1.54, 1.807) is 0 Å². The van der Waals surface area contributed by atoms with Gasteiger partial charge in [-0.25, -0.2) is 24.9 Å². The van der Waals surface area contributed by atoms with Gasteiger partial charge in [0.1, 0.15) is 0 Å². The van der Waals surface area contributed by atoms with Crippen molar-refractivity contribution >= 4 is 0 Å². The van der Waals surface area contributed by atoms with Crippen molar-refractivity contribution in [3.8, 4) is 90.3 Å². The molecule has 0 bridgehead atoms. The highest BCUT2D eigenvalue weighted by atomic mass is 15.0. The SMILES string of the molecule is c1ccc(-c2ccc(-c3nc(-c4ccccc4)nc(-c4cccc(-c5cccc(-c6nc(-c7ccccc7)cc(-c7ccccc7)n6)c5)c4)n3)cc2)cc1. The summed E-state index contributed by atoms with van der Waals surface area (Å²) in [5.74, 6) is 2.52. The molecule has 5 nitrogen and oxygen atoms in total. The molecule has 0 amide bonds. The van der Waals surface area contributed by atoms with Gasteiger partial charge in [0, 0.05) is 33.4 Å². The zero-order chi connectivity index (χ0) is 36.1. The first-order valence-corrected chi connectivity index (χ1v) is 17.9. The fourth-order valence-corrected chi connectivity index (χ4v) is 6.56. The van der Waals surface area contributed by atoms with E-state index in [1.807, 2.05) is 72.8 Å². The van der Waals surface area contributed by atoms with Crippen molar-refractivity contribution in [2.45, 2.75) is 0 Å². The van der Waals surface area contributed by atoms with Gasteiger partial charge in [-0.3, -0.25) is 0 Å². The Bertz CT molecular complexity index is 2620. The Balaban J connectivity index is 1.10. The van der Waals surface area contributed by atoms with Crippen molar-refractivity contribution in [1.82, 2.24) is 24.9 Å². The molecule has 2 heterocycles. The lowest BCUT2D eigenvalue weighted by Gasteiger charge is -2.11. The van der Waals surface area contributed by atoms with Crippen LogP contribution in [0, 0.1) is 0 Å². The van der Waals surface area contributed by atoms with E-state index in [1.165, 1.54) is 5.56 Å². The predicted molar refractivity (Wildman–Crippen MR) is 219 cm³/mol. The molecule has 0 fully saturated rings. The van der Waals surface area contributed by atoms with E-state index in [-0.39, 0.29) is 0 Å². The zero-order valence-electron chi connectivity index (χ0n) is 29.3. The minimum absolute atomic E-state index is 0.607. The first-order valence-electron chi connectivity index (χ1n) is 17.9. The molecule has 0 unspecified atom stereocenters. The van der Waals surface area contributed by atoms with Gasteiger partial charge in [-0.2, -0.15) is 0 Å². The highest BCUT2D eigenvalue weighted by Gasteiger charge is 2.15. The Morgan fingerprint density at radius 2 is 0.481 bits per heavy atom. The molecule has 5 heteroatoms. The molecular weight excluding hydrogens is 659 g/mol. The van der Waals surface area contributed by atoms with Crippen LogP contribution in [0.5, 0.6) is 0 Å². The van der Waals surface area contributed by atoms with Crippen molar-refractivity contribution in [2.24, 2.45) is 0 Å². The molecule has 254 valence electrons. The second-order valence-corrected chi connectivity index (χ2v) is 13.0. The van der Waals surface area contributed by atoms with Gasteiger partial charge in [-0.1, -0.05) is 182 Å². The van der Waals surface area contributed by atoms with Gasteiger partial charge in [-0.15, -0.1) is 0 Å². The topological polar surface area (TPSA) is 64.5 Å². The van der Waals surface area contributed by atoms with Crippen molar-refractivity contribution < 1.29 is 0 Å². The maximum Gasteiger partial charge on any atom is 0.164 e. The molecule has 9 rings (SSSR count). The molecule has 0 radical (unpaired) electrons. The van der Waals surface area contributed by atoms with Crippen LogP contribution in [0.25, 0.3) is 90.3 Å². The third-order valence-electron chi connectivity index (χ3n) is 9.36. The minimum Gasteiger partial charge on any atom is -0.228 e. The molecule has 0 saturated heterocycles. The van der Waals surface area contributed by atoms with Crippen molar-refractivity contribution in [1.29, 1.82) is 0 Å². The van der Waals surface area contributed by atoms with Crippen LogP contribution in [-0.2, 0) is 0 Å². The number of nitrogens with zero attached hydrogens (tertiary/aromatic N) is 5.